The summed E-state index contributed by atoms with van der Waals surface area (Å²) in [5.41, 5.74) is 0.966. The summed E-state index contributed by atoms with van der Waals surface area (Å²) in [5, 5.41) is 12.1. The monoisotopic (exact) mass is 508 g/mol. The van der Waals surface area contributed by atoms with Gasteiger partial charge < -0.3 is 14.3 Å². The number of thiazole rings is 1. The molecular formula is C26H21ClN2O5S. The van der Waals surface area contributed by atoms with Crippen molar-refractivity contribution < 1.29 is 23.8 Å². The number of benzene rings is 2. The third-order valence-corrected chi connectivity index (χ3v) is 6.87. The van der Waals surface area contributed by atoms with Crippen LogP contribution in [0.25, 0.3) is 16.0 Å². The Morgan fingerprint density at radius 2 is 1.94 bits per heavy atom. The minimum Gasteiger partial charge on any atom is -0.507 e. The zero-order valence-electron chi connectivity index (χ0n) is 18.9. The van der Waals surface area contributed by atoms with E-state index < -0.39 is 17.7 Å². The lowest BCUT2D eigenvalue weighted by Crippen LogP contribution is -2.29. The van der Waals surface area contributed by atoms with Gasteiger partial charge in [-0.15, -0.1) is 0 Å². The number of aromatic nitrogens is 1. The molecule has 0 spiro atoms. The van der Waals surface area contributed by atoms with Gasteiger partial charge in [0.15, 0.2) is 5.13 Å². The van der Waals surface area contributed by atoms with Gasteiger partial charge in [0.2, 0.25) is 0 Å². The molecule has 0 saturated carbocycles. The Morgan fingerprint density at radius 3 is 2.63 bits per heavy atom. The molecule has 0 aliphatic carbocycles. The van der Waals surface area contributed by atoms with Gasteiger partial charge in [0.05, 0.1) is 22.4 Å². The molecule has 2 aromatic carbocycles. The molecule has 178 valence electrons. The minimum atomic E-state index is -0.976. The normalized spacial score (nSPS) is 17.5. The van der Waals surface area contributed by atoms with E-state index in [0.717, 1.165) is 11.1 Å². The first-order chi connectivity index (χ1) is 16.9. The van der Waals surface area contributed by atoms with E-state index >= 15 is 0 Å². The topological polar surface area (TPSA) is 92.9 Å². The number of carbonyl (C=O) groups excluding carboxylic acids is 2. The number of anilines is 1. The first kappa shape index (κ1) is 23.1. The lowest BCUT2D eigenvalue weighted by Gasteiger charge is -2.20. The molecule has 1 fully saturated rings. The van der Waals surface area contributed by atoms with Crippen molar-refractivity contribution in [2.45, 2.75) is 26.3 Å². The number of fused-ring (bicyclic) bond motifs is 1. The molecule has 1 unspecified atom stereocenters. The number of carbonyl (C=O) groups is 2. The number of ether oxygens (including phenoxy) is 1. The Balaban J connectivity index is 1.63. The highest BCUT2D eigenvalue weighted by atomic mass is 35.5. The molecule has 0 bridgehead atoms. The van der Waals surface area contributed by atoms with Crippen LogP contribution in [-0.4, -0.2) is 28.4 Å². The second kappa shape index (κ2) is 9.20. The molecule has 9 heteroatoms. The maximum Gasteiger partial charge on any atom is 0.302 e. The van der Waals surface area contributed by atoms with E-state index in [0.29, 0.717) is 45.1 Å². The number of hydrogen-bond acceptors (Lipinski definition) is 7. The molecule has 0 radical (unpaired) electrons. The molecule has 35 heavy (non-hydrogen) atoms. The third kappa shape index (κ3) is 4.19. The van der Waals surface area contributed by atoms with Crippen molar-refractivity contribution in [2.75, 3.05) is 11.5 Å². The second-order valence-corrected chi connectivity index (χ2v) is 9.54. The van der Waals surface area contributed by atoms with Gasteiger partial charge in [-0.1, -0.05) is 29.9 Å². The van der Waals surface area contributed by atoms with Crippen LogP contribution in [0.1, 0.15) is 36.5 Å². The van der Waals surface area contributed by atoms with Gasteiger partial charge in [0.25, 0.3) is 5.78 Å². The maximum absolute atomic E-state index is 13.3. The Kier molecular flexibility index (Phi) is 6.08. The van der Waals surface area contributed by atoms with Crippen LogP contribution in [-0.2, 0) is 9.59 Å². The number of ketones is 1. The van der Waals surface area contributed by atoms with Gasteiger partial charge in [-0.25, -0.2) is 4.98 Å². The molecule has 1 aliphatic rings. The van der Waals surface area contributed by atoms with Crippen molar-refractivity contribution in [3.8, 4) is 5.75 Å². The highest BCUT2D eigenvalue weighted by Crippen LogP contribution is 2.45. The van der Waals surface area contributed by atoms with E-state index in [1.807, 2.05) is 6.92 Å². The van der Waals surface area contributed by atoms with Gasteiger partial charge in [0, 0.05) is 10.6 Å². The standard InChI is InChI=1S/C26H21ClN2O5S/c1-3-12-33-17-8-5-15(6-9-17)23(30)21-22(19-11-4-14(2)34-19)29(25(32)24(21)31)26-28-18-10-7-16(27)13-20(18)35-26/h4-11,13,22,30H,3,12H2,1-2H3/b23-21+. The van der Waals surface area contributed by atoms with Crippen molar-refractivity contribution in [3.05, 3.63) is 82.3 Å². The Bertz CT molecular complexity index is 1470. The van der Waals surface area contributed by atoms with Crippen molar-refractivity contribution in [2.24, 2.45) is 0 Å². The molecule has 5 rings (SSSR count). The van der Waals surface area contributed by atoms with E-state index in [1.165, 1.54) is 16.2 Å². The molecule has 7 nitrogen and oxygen atoms in total. The fourth-order valence-electron chi connectivity index (χ4n) is 3.97. The summed E-state index contributed by atoms with van der Waals surface area (Å²) in [7, 11) is 0. The second-order valence-electron chi connectivity index (χ2n) is 8.10. The number of aliphatic hydroxyl groups is 1. The number of rotatable bonds is 6. The van der Waals surface area contributed by atoms with Crippen molar-refractivity contribution in [1.82, 2.24) is 4.98 Å². The maximum atomic E-state index is 13.3. The molecule has 1 aliphatic heterocycles. The summed E-state index contributed by atoms with van der Waals surface area (Å²) in [6.07, 6.45) is 0.867. The van der Waals surface area contributed by atoms with Gasteiger partial charge in [-0.2, -0.15) is 0 Å². The van der Waals surface area contributed by atoms with Gasteiger partial charge in [-0.3, -0.25) is 14.5 Å². The van der Waals surface area contributed by atoms with E-state index in [-0.39, 0.29) is 11.3 Å². The summed E-state index contributed by atoms with van der Waals surface area (Å²) in [5.74, 6) is -0.294. The van der Waals surface area contributed by atoms with Crippen molar-refractivity contribution >= 4 is 55.7 Å². The SMILES string of the molecule is CCCOc1ccc(/C(O)=C2\C(=O)C(=O)N(c3nc4ccc(Cl)cc4s3)C2c2ccc(C)o2)cc1. The first-order valence-corrected chi connectivity index (χ1v) is 12.2. The minimum absolute atomic E-state index is 0.0659. The lowest BCUT2D eigenvalue weighted by atomic mass is 9.99. The van der Waals surface area contributed by atoms with Crippen LogP contribution in [0, 0.1) is 6.92 Å². The zero-order chi connectivity index (χ0) is 24.7. The Labute approximate surface area is 210 Å². The lowest BCUT2D eigenvalue weighted by molar-refractivity contribution is -0.132. The van der Waals surface area contributed by atoms with Gasteiger partial charge >= 0.3 is 5.91 Å². The molecule has 3 heterocycles. The van der Waals surface area contributed by atoms with E-state index in [1.54, 1.807) is 61.5 Å². The number of halogens is 1. The molecule has 4 aromatic rings. The fourth-order valence-corrected chi connectivity index (χ4v) is 5.24. The van der Waals surface area contributed by atoms with Crippen LogP contribution in [0.5, 0.6) is 5.75 Å². The average Bonchev–Trinajstić information content (AvgIpc) is 3.53. The zero-order valence-corrected chi connectivity index (χ0v) is 20.5. The summed E-state index contributed by atoms with van der Waals surface area (Å²) in [4.78, 5) is 32.4. The smallest absolute Gasteiger partial charge is 0.302 e. The van der Waals surface area contributed by atoms with E-state index in [2.05, 4.69) is 4.98 Å². The quantitative estimate of drug-likeness (QED) is 0.187. The van der Waals surface area contributed by atoms with Crippen LogP contribution < -0.4 is 9.64 Å². The highest BCUT2D eigenvalue weighted by molar-refractivity contribution is 7.22. The molecule has 2 aromatic heterocycles. The number of furan rings is 1. The molecule has 1 N–H and O–H groups in total. The summed E-state index contributed by atoms with van der Waals surface area (Å²) in [6, 6.07) is 14.4. The molecule has 1 saturated heterocycles. The van der Waals surface area contributed by atoms with Gasteiger partial charge in [0.1, 0.15) is 29.1 Å². The van der Waals surface area contributed by atoms with Crippen LogP contribution in [0.2, 0.25) is 5.02 Å². The number of aliphatic hydroxyl groups excluding tert-OH is 1. The Hall–Kier alpha value is -3.62. The average molecular weight is 509 g/mol. The van der Waals surface area contributed by atoms with Crippen LogP contribution in [0.3, 0.4) is 0 Å². The third-order valence-electron chi connectivity index (χ3n) is 5.62. The number of Topliss-reactive ketones (excluding diaryl/α,β-unsaturated/α-hetero) is 1. The van der Waals surface area contributed by atoms with Crippen LogP contribution in [0.15, 0.2) is 64.6 Å². The Morgan fingerprint density at radius 1 is 1.17 bits per heavy atom. The number of nitrogens with zero attached hydrogens (tertiary/aromatic N) is 2. The largest absolute Gasteiger partial charge is 0.507 e. The van der Waals surface area contributed by atoms with Crippen molar-refractivity contribution in [1.29, 1.82) is 0 Å². The number of hydrogen-bond donors (Lipinski definition) is 1. The molecule has 1 atom stereocenters. The van der Waals surface area contributed by atoms with E-state index in [4.69, 9.17) is 20.8 Å². The number of aryl methyl sites for hydroxylation is 1. The summed E-state index contributed by atoms with van der Waals surface area (Å²) in [6.45, 7) is 4.35. The van der Waals surface area contributed by atoms with Crippen molar-refractivity contribution in [3.63, 3.8) is 0 Å². The molecular weight excluding hydrogens is 488 g/mol. The predicted octanol–water partition coefficient (Wildman–Crippen LogP) is 6.27. The van der Waals surface area contributed by atoms with Gasteiger partial charge in [-0.05, 0) is 67.9 Å². The highest BCUT2D eigenvalue weighted by Gasteiger charge is 2.49. The fraction of sp³-hybridized carbons (Fsp3) is 0.192. The summed E-state index contributed by atoms with van der Waals surface area (Å²) >= 11 is 7.35. The molecule has 1 amide bonds. The summed E-state index contributed by atoms with van der Waals surface area (Å²) < 4.78 is 12.2. The van der Waals surface area contributed by atoms with E-state index in [9.17, 15) is 14.7 Å². The van der Waals surface area contributed by atoms with Crippen LogP contribution >= 0.6 is 22.9 Å². The van der Waals surface area contributed by atoms with Crippen LogP contribution in [0.4, 0.5) is 5.13 Å². The predicted molar refractivity (Wildman–Crippen MR) is 135 cm³/mol. The number of amides is 1. The first-order valence-electron chi connectivity index (χ1n) is 11.0.